The minimum atomic E-state index is -0.0205. The molecule has 140 valence electrons. The van der Waals surface area contributed by atoms with Crippen molar-refractivity contribution >= 4 is 29.2 Å². The van der Waals surface area contributed by atoms with Crippen molar-refractivity contribution in [1.29, 1.82) is 0 Å². The number of aryl methyl sites for hydroxylation is 2. The van der Waals surface area contributed by atoms with Crippen molar-refractivity contribution in [2.75, 3.05) is 13.1 Å². The molecule has 0 aromatic carbocycles. The van der Waals surface area contributed by atoms with Crippen LogP contribution in [-0.4, -0.2) is 48.3 Å². The molecule has 0 spiro atoms. The number of carbonyl (C=O) groups excluding carboxylic acids is 1. The maximum Gasteiger partial charge on any atom is 0.246 e. The topological polar surface area (TPSA) is 68.3 Å². The molecule has 1 saturated heterocycles. The summed E-state index contributed by atoms with van der Waals surface area (Å²) in [6, 6.07) is 5.85. The van der Waals surface area contributed by atoms with Gasteiger partial charge in [-0.25, -0.2) is 0 Å². The van der Waals surface area contributed by atoms with E-state index in [0.29, 0.717) is 11.7 Å². The van der Waals surface area contributed by atoms with Gasteiger partial charge in [-0.2, -0.15) is 5.10 Å². The Labute approximate surface area is 162 Å². The summed E-state index contributed by atoms with van der Waals surface area (Å²) in [5.74, 6) is 1.07. The van der Waals surface area contributed by atoms with Crippen molar-refractivity contribution < 1.29 is 4.79 Å². The highest BCUT2D eigenvalue weighted by Gasteiger charge is 2.27. The number of likely N-dealkylation sites (tertiary alicyclic amines) is 1. The highest BCUT2D eigenvalue weighted by molar-refractivity contribution is 6.31. The lowest BCUT2D eigenvalue weighted by molar-refractivity contribution is -0.127. The van der Waals surface area contributed by atoms with Gasteiger partial charge in [-0.3, -0.25) is 13.9 Å². The van der Waals surface area contributed by atoms with Crippen LogP contribution in [0.3, 0.4) is 0 Å². The second-order valence-electron chi connectivity index (χ2n) is 6.86. The van der Waals surface area contributed by atoms with Crippen LogP contribution in [0.2, 0.25) is 5.15 Å². The summed E-state index contributed by atoms with van der Waals surface area (Å²) < 4.78 is 3.61. The molecule has 8 heteroatoms. The zero-order valence-electron chi connectivity index (χ0n) is 15.3. The molecule has 0 aliphatic carbocycles. The molecule has 1 aliphatic rings. The number of hydrogen-bond acceptors (Lipinski definition) is 4. The Morgan fingerprint density at radius 3 is 2.96 bits per heavy atom. The molecule has 1 aliphatic heterocycles. The van der Waals surface area contributed by atoms with Gasteiger partial charge in [0.25, 0.3) is 0 Å². The molecule has 3 aromatic heterocycles. The number of aromatic nitrogens is 5. The Bertz CT molecular complexity index is 1020. The van der Waals surface area contributed by atoms with Gasteiger partial charge in [-0.05, 0) is 38.0 Å². The third-order valence-electron chi connectivity index (χ3n) is 5.03. The van der Waals surface area contributed by atoms with Crippen LogP contribution in [0, 0.1) is 6.92 Å². The van der Waals surface area contributed by atoms with Gasteiger partial charge in [0.2, 0.25) is 5.91 Å². The molecule has 1 atom stereocenters. The molecule has 0 radical (unpaired) electrons. The van der Waals surface area contributed by atoms with Crippen molar-refractivity contribution in [1.82, 2.24) is 29.3 Å². The highest BCUT2D eigenvalue weighted by Crippen LogP contribution is 2.26. The molecule has 1 amide bonds. The van der Waals surface area contributed by atoms with Crippen LogP contribution < -0.4 is 0 Å². The molecule has 7 nitrogen and oxygen atoms in total. The maximum atomic E-state index is 12.7. The lowest BCUT2D eigenvalue weighted by Gasteiger charge is -2.31. The standard InChI is InChI=1S/C19H21ClN6O/c1-13-15(18(20)24(2)23-13)8-9-17(27)25-10-5-6-14(12-25)19-22-21-16-7-3-4-11-26(16)19/h3-4,7-9,11,14H,5-6,10,12H2,1-2H3/b9-8+. The van der Waals surface area contributed by atoms with E-state index >= 15 is 0 Å². The van der Waals surface area contributed by atoms with Gasteiger partial charge in [-0.15, -0.1) is 10.2 Å². The van der Waals surface area contributed by atoms with E-state index in [2.05, 4.69) is 15.3 Å². The van der Waals surface area contributed by atoms with E-state index in [1.807, 2.05) is 40.6 Å². The van der Waals surface area contributed by atoms with E-state index in [4.69, 9.17) is 11.6 Å². The Balaban J connectivity index is 1.51. The molecule has 4 heterocycles. The second kappa shape index (κ2) is 7.15. The number of carbonyl (C=O) groups is 1. The largest absolute Gasteiger partial charge is 0.338 e. The zero-order chi connectivity index (χ0) is 19.0. The Morgan fingerprint density at radius 1 is 1.33 bits per heavy atom. The first-order valence-corrected chi connectivity index (χ1v) is 9.38. The fourth-order valence-electron chi connectivity index (χ4n) is 3.62. The number of amides is 1. The first kappa shape index (κ1) is 17.7. The van der Waals surface area contributed by atoms with Gasteiger partial charge in [0.05, 0.1) is 5.69 Å². The first-order chi connectivity index (χ1) is 13.0. The summed E-state index contributed by atoms with van der Waals surface area (Å²) in [5.41, 5.74) is 2.42. The number of rotatable bonds is 3. The number of hydrogen-bond donors (Lipinski definition) is 0. The van der Waals surface area contributed by atoms with E-state index in [9.17, 15) is 4.79 Å². The number of piperidine rings is 1. The molecule has 27 heavy (non-hydrogen) atoms. The summed E-state index contributed by atoms with van der Waals surface area (Å²) in [6.07, 6.45) is 7.25. The van der Waals surface area contributed by atoms with Crippen molar-refractivity contribution in [3.05, 3.63) is 52.7 Å². The van der Waals surface area contributed by atoms with E-state index in [-0.39, 0.29) is 11.8 Å². The first-order valence-electron chi connectivity index (χ1n) is 9.00. The minimum absolute atomic E-state index is 0.0205. The normalized spacial score (nSPS) is 17.9. The Morgan fingerprint density at radius 2 is 2.19 bits per heavy atom. The van der Waals surface area contributed by atoms with Gasteiger partial charge in [0.15, 0.2) is 5.65 Å². The maximum absolute atomic E-state index is 12.7. The molecule has 4 rings (SSSR count). The lowest BCUT2D eigenvalue weighted by atomic mass is 9.97. The average Bonchev–Trinajstić information content (AvgIpc) is 3.21. The summed E-state index contributed by atoms with van der Waals surface area (Å²) in [7, 11) is 1.78. The van der Waals surface area contributed by atoms with E-state index < -0.39 is 0 Å². The lowest BCUT2D eigenvalue weighted by Crippen LogP contribution is -2.38. The van der Waals surface area contributed by atoms with Crippen LogP contribution in [0.4, 0.5) is 0 Å². The summed E-state index contributed by atoms with van der Waals surface area (Å²) in [4.78, 5) is 14.6. The Hall–Kier alpha value is -2.67. The van der Waals surface area contributed by atoms with Crippen LogP contribution in [0.5, 0.6) is 0 Å². The second-order valence-corrected chi connectivity index (χ2v) is 7.22. The van der Waals surface area contributed by atoms with E-state index in [0.717, 1.165) is 42.1 Å². The molecule has 0 bridgehead atoms. The number of pyridine rings is 1. The molecule has 1 unspecified atom stereocenters. The Kier molecular flexibility index (Phi) is 4.70. The SMILES string of the molecule is Cc1nn(C)c(Cl)c1/C=C/C(=O)N1CCCC(c2nnc3ccccn23)C1. The predicted octanol–water partition coefficient (Wildman–Crippen LogP) is 2.84. The van der Waals surface area contributed by atoms with E-state index in [1.165, 1.54) is 0 Å². The van der Waals surface area contributed by atoms with Crippen LogP contribution in [0.15, 0.2) is 30.5 Å². The summed E-state index contributed by atoms with van der Waals surface area (Å²) in [6.45, 7) is 3.26. The monoisotopic (exact) mass is 384 g/mol. The van der Waals surface area contributed by atoms with Crippen molar-refractivity contribution in [2.45, 2.75) is 25.7 Å². The number of fused-ring (bicyclic) bond motifs is 1. The average molecular weight is 385 g/mol. The van der Waals surface area contributed by atoms with Gasteiger partial charge in [-0.1, -0.05) is 17.7 Å². The fourth-order valence-corrected chi connectivity index (χ4v) is 3.86. The van der Waals surface area contributed by atoms with Crippen molar-refractivity contribution in [3.8, 4) is 0 Å². The van der Waals surface area contributed by atoms with Gasteiger partial charge in [0, 0.05) is 43.9 Å². The molecule has 1 fully saturated rings. The summed E-state index contributed by atoms with van der Waals surface area (Å²) >= 11 is 6.24. The van der Waals surface area contributed by atoms with Gasteiger partial charge in [0.1, 0.15) is 11.0 Å². The summed E-state index contributed by atoms with van der Waals surface area (Å²) in [5, 5.41) is 13.4. The van der Waals surface area contributed by atoms with Crippen molar-refractivity contribution in [2.24, 2.45) is 7.05 Å². The minimum Gasteiger partial charge on any atom is -0.338 e. The van der Waals surface area contributed by atoms with Gasteiger partial charge < -0.3 is 4.90 Å². The molecular formula is C19H21ClN6O. The van der Waals surface area contributed by atoms with Crippen molar-refractivity contribution in [3.63, 3.8) is 0 Å². The highest BCUT2D eigenvalue weighted by atomic mass is 35.5. The third kappa shape index (κ3) is 3.35. The molecular weight excluding hydrogens is 364 g/mol. The zero-order valence-corrected chi connectivity index (χ0v) is 16.1. The smallest absolute Gasteiger partial charge is 0.246 e. The van der Waals surface area contributed by atoms with Gasteiger partial charge >= 0.3 is 0 Å². The fraction of sp³-hybridized carbons (Fsp3) is 0.368. The van der Waals surface area contributed by atoms with E-state index in [1.54, 1.807) is 23.9 Å². The predicted molar refractivity (Wildman–Crippen MR) is 104 cm³/mol. The third-order valence-corrected chi connectivity index (χ3v) is 5.48. The number of halogens is 1. The number of nitrogens with zero attached hydrogens (tertiary/aromatic N) is 6. The van der Waals surface area contributed by atoms with Crippen LogP contribution in [0.25, 0.3) is 11.7 Å². The molecule has 0 N–H and O–H groups in total. The van der Waals surface area contributed by atoms with Crippen LogP contribution >= 0.6 is 11.6 Å². The quantitative estimate of drug-likeness (QED) is 0.651. The molecule has 3 aromatic rings. The van der Waals surface area contributed by atoms with Crippen LogP contribution in [-0.2, 0) is 11.8 Å². The molecule has 0 saturated carbocycles. The van der Waals surface area contributed by atoms with Crippen LogP contribution in [0.1, 0.15) is 35.8 Å².